The van der Waals surface area contributed by atoms with Crippen molar-refractivity contribution in [2.45, 2.75) is 19.3 Å². The number of hydrogen-bond donors (Lipinski definition) is 1. The lowest BCUT2D eigenvalue weighted by atomic mass is 9.82. The van der Waals surface area contributed by atoms with Crippen LogP contribution in [-0.4, -0.2) is 43.3 Å². The minimum atomic E-state index is -1.47. The van der Waals surface area contributed by atoms with E-state index in [-0.39, 0.29) is 25.4 Å². The molecule has 2 fully saturated rings. The number of carboxylic acid groups (broad SMARTS) is 1. The first-order valence-corrected chi connectivity index (χ1v) is 5.57. The predicted molar refractivity (Wildman–Crippen MR) is 54.1 cm³/mol. The predicted octanol–water partition coefficient (Wildman–Crippen LogP) is 0.473. The van der Waals surface area contributed by atoms with Gasteiger partial charge < -0.3 is 14.6 Å². The Morgan fingerprint density at radius 2 is 2.31 bits per heavy atom. The van der Waals surface area contributed by atoms with Crippen LogP contribution in [0.2, 0.25) is 0 Å². The van der Waals surface area contributed by atoms with Crippen molar-refractivity contribution in [2.24, 2.45) is 11.3 Å². The van der Waals surface area contributed by atoms with Crippen LogP contribution in [0.15, 0.2) is 0 Å². The SMILES string of the molecule is O=C(O)C1(COCC2CC2)COCCC1=O. The van der Waals surface area contributed by atoms with Gasteiger partial charge >= 0.3 is 5.97 Å². The van der Waals surface area contributed by atoms with E-state index in [0.717, 1.165) is 12.8 Å². The van der Waals surface area contributed by atoms with Gasteiger partial charge in [0.25, 0.3) is 0 Å². The Kier molecular flexibility index (Phi) is 3.25. The number of aliphatic carboxylic acids is 1. The van der Waals surface area contributed by atoms with Crippen LogP contribution in [0.4, 0.5) is 0 Å². The highest BCUT2D eigenvalue weighted by molar-refractivity contribution is 6.03. The van der Waals surface area contributed by atoms with Gasteiger partial charge in [0.05, 0.1) is 19.8 Å². The van der Waals surface area contributed by atoms with Gasteiger partial charge in [-0.1, -0.05) is 0 Å². The Labute approximate surface area is 93.7 Å². The molecule has 1 aliphatic carbocycles. The monoisotopic (exact) mass is 228 g/mol. The Morgan fingerprint density at radius 3 is 2.88 bits per heavy atom. The number of ketones is 1. The van der Waals surface area contributed by atoms with Crippen LogP contribution < -0.4 is 0 Å². The van der Waals surface area contributed by atoms with Crippen LogP contribution in [-0.2, 0) is 19.1 Å². The molecule has 0 aromatic heterocycles. The quantitative estimate of drug-likeness (QED) is 0.692. The van der Waals surface area contributed by atoms with Crippen LogP contribution in [0.5, 0.6) is 0 Å². The van der Waals surface area contributed by atoms with Crippen LogP contribution in [0.25, 0.3) is 0 Å². The molecule has 0 bridgehead atoms. The smallest absolute Gasteiger partial charge is 0.322 e. The summed E-state index contributed by atoms with van der Waals surface area (Å²) in [6.07, 6.45) is 2.45. The van der Waals surface area contributed by atoms with Gasteiger partial charge in [0, 0.05) is 13.0 Å². The molecule has 0 aromatic rings. The van der Waals surface area contributed by atoms with Gasteiger partial charge in [0.15, 0.2) is 11.2 Å². The highest BCUT2D eigenvalue weighted by atomic mass is 16.5. The maximum Gasteiger partial charge on any atom is 0.322 e. The van der Waals surface area contributed by atoms with Gasteiger partial charge in [-0.2, -0.15) is 0 Å². The second kappa shape index (κ2) is 4.51. The standard InChI is InChI=1S/C11H16O5/c12-9-3-4-15-6-11(9,10(13)14)7-16-5-8-1-2-8/h8H,1-7H2,(H,13,14). The molecule has 0 radical (unpaired) electrons. The van der Waals surface area contributed by atoms with Crippen LogP contribution in [0, 0.1) is 11.3 Å². The van der Waals surface area contributed by atoms with E-state index < -0.39 is 11.4 Å². The lowest BCUT2D eigenvalue weighted by Gasteiger charge is -2.31. The molecule has 1 atom stereocenters. The summed E-state index contributed by atoms with van der Waals surface area (Å²) in [5.41, 5.74) is -1.47. The van der Waals surface area contributed by atoms with Crippen molar-refractivity contribution in [1.82, 2.24) is 0 Å². The molecule has 1 aliphatic heterocycles. The van der Waals surface area contributed by atoms with E-state index in [1.54, 1.807) is 0 Å². The maximum absolute atomic E-state index is 11.7. The maximum atomic E-state index is 11.7. The van der Waals surface area contributed by atoms with Gasteiger partial charge in [-0.3, -0.25) is 9.59 Å². The molecular formula is C11H16O5. The Balaban J connectivity index is 1.95. The van der Waals surface area contributed by atoms with Crippen molar-refractivity contribution >= 4 is 11.8 Å². The summed E-state index contributed by atoms with van der Waals surface area (Å²) in [4.78, 5) is 22.9. The molecule has 1 saturated heterocycles. The van der Waals surface area contributed by atoms with Crippen molar-refractivity contribution < 1.29 is 24.2 Å². The first kappa shape index (κ1) is 11.5. The molecule has 0 aromatic carbocycles. The van der Waals surface area contributed by atoms with Crippen molar-refractivity contribution in [1.29, 1.82) is 0 Å². The number of ether oxygens (including phenoxy) is 2. The van der Waals surface area contributed by atoms with Crippen molar-refractivity contribution in [3.05, 3.63) is 0 Å². The lowest BCUT2D eigenvalue weighted by Crippen LogP contribution is -2.50. The summed E-state index contributed by atoms with van der Waals surface area (Å²) >= 11 is 0. The second-order valence-corrected chi connectivity index (χ2v) is 4.57. The van der Waals surface area contributed by atoms with Crippen molar-refractivity contribution in [3.63, 3.8) is 0 Å². The molecule has 5 heteroatoms. The summed E-state index contributed by atoms with van der Waals surface area (Å²) in [5.74, 6) is -0.847. The first-order chi connectivity index (χ1) is 7.65. The molecule has 2 aliphatic rings. The molecule has 0 amide bonds. The second-order valence-electron chi connectivity index (χ2n) is 4.57. The number of carboxylic acids is 1. The van der Waals surface area contributed by atoms with Crippen LogP contribution >= 0.6 is 0 Å². The molecule has 1 saturated carbocycles. The summed E-state index contributed by atoms with van der Waals surface area (Å²) < 4.78 is 10.5. The molecule has 16 heavy (non-hydrogen) atoms. The number of carbonyl (C=O) groups is 2. The minimum Gasteiger partial charge on any atom is -0.480 e. The van der Waals surface area contributed by atoms with E-state index in [2.05, 4.69) is 0 Å². The summed E-state index contributed by atoms with van der Waals surface area (Å²) in [6, 6.07) is 0. The Bertz CT molecular complexity index is 297. The fourth-order valence-electron chi connectivity index (χ4n) is 1.78. The largest absolute Gasteiger partial charge is 0.480 e. The summed E-state index contributed by atoms with van der Waals surface area (Å²) in [6.45, 7) is 0.752. The Morgan fingerprint density at radius 1 is 1.56 bits per heavy atom. The van der Waals surface area contributed by atoms with Gasteiger partial charge in [-0.15, -0.1) is 0 Å². The van der Waals surface area contributed by atoms with E-state index in [0.29, 0.717) is 19.1 Å². The highest BCUT2D eigenvalue weighted by Gasteiger charge is 2.48. The zero-order valence-electron chi connectivity index (χ0n) is 9.11. The molecule has 1 heterocycles. The van der Waals surface area contributed by atoms with Crippen molar-refractivity contribution in [3.8, 4) is 0 Å². The van der Waals surface area contributed by atoms with E-state index in [9.17, 15) is 9.59 Å². The topological polar surface area (TPSA) is 72.8 Å². The normalized spacial score (nSPS) is 30.4. The van der Waals surface area contributed by atoms with Gasteiger partial charge in [-0.05, 0) is 18.8 Å². The van der Waals surface area contributed by atoms with E-state index in [1.807, 2.05) is 0 Å². The Hall–Kier alpha value is -0.940. The number of Topliss-reactive ketones (excluding diaryl/α,β-unsaturated/α-hetero) is 1. The van der Waals surface area contributed by atoms with E-state index >= 15 is 0 Å². The average Bonchev–Trinajstić information content (AvgIpc) is 3.04. The summed E-state index contributed by atoms with van der Waals surface area (Å²) in [5, 5.41) is 9.16. The average molecular weight is 228 g/mol. The highest BCUT2D eigenvalue weighted by Crippen LogP contribution is 2.31. The zero-order valence-corrected chi connectivity index (χ0v) is 9.11. The summed E-state index contributed by atoms with van der Waals surface area (Å²) in [7, 11) is 0. The molecule has 1 N–H and O–H groups in total. The van der Waals surface area contributed by atoms with Crippen LogP contribution in [0.3, 0.4) is 0 Å². The zero-order chi connectivity index (χ0) is 11.6. The molecule has 1 unspecified atom stereocenters. The van der Waals surface area contributed by atoms with E-state index in [1.165, 1.54) is 0 Å². The third-order valence-corrected chi connectivity index (χ3v) is 3.16. The minimum absolute atomic E-state index is 0.0579. The van der Waals surface area contributed by atoms with Gasteiger partial charge in [0.2, 0.25) is 0 Å². The molecule has 2 rings (SSSR count). The molecular weight excluding hydrogens is 212 g/mol. The number of carbonyl (C=O) groups excluding carboxylic acids is 1. The fraction of sp³-hybridized carbons (Fsp3) is 0.818. The third kappa shape index (κ3) is 2.25. The first-order valence-electron chi connectivity index (χ1n) is 5.57. The fourth-order valence-corrected chi connectivity index (χ4v) is 1.78. The molecule has 90 valence electrons. The van der Waals surface area contributed by atoms with Crippen molar-refractivity contribution in [2.75, 3.05) is 26.4 Å². The van der Waals surface area contributed by atoms with Gasteiger partial charge in [-0.25, -0.2) is 0 Å². The van der Waals surface area contributed by atoms with Crippen LogP contribution in [0.1, 0.15) is 19.3 Å². The van der Waals surface area contributed by atoms with Gasteiger partial charge in [0.1, 0.15) is 0 Å². The lowest BCUT2D eigenvalue weighted by molar-refractivity contribution is -0.170. The molecule has 0 spiro atoms. The number of hydrogen-bond acceptors (Lipinski definition) is 4. The number of rotatable bonds is 5. The molecule has 5 nitrogen and oxygen atoms in total. The third-order valence-electron chi connectivity index (χ3n) is 3.16. The van der Waals surface area contributed by atoms with E-state index in [4.69, 9.17) is 14.6 Å².